The van der Waals surface area contributed by atoms with E-state index in [4.69, 9.17) is 0 Å². The number of hydrogen-bond acceptors (Lipinski definition) is 2. The summed E-state index contributed by atoms with van der Waals surface area (Å²) >= 11 is 0. The van der Waals surface area contributed by atoms with Crippen LogP contribution in [-0.2, 0) is 13.0 Å². The maximum Gasteiger partial charge on any atom is 0.0596 e. The molecule has 1 rings (SSSR count). The van der Waals surface area contributed by atoms with Crippen molar-refractivity contribution in [2.75, 3.05) is 13.1 Å². The molecule has 0 saturated heterocycles. The molecule has 0 aromatic carbocycles. The fourth-order valence-electron chi connectivity index (χ4n) is 2.72. The Hall–Kier alpha value is -0.830. The van der Waals surface area contributed by atoms with Gasteiger partial charge in [0.1, 0.15) is 0 Å². The van der Waals surface area contributed by atoms with Gasteiger partial charge in [0.05, 0.1) is 5.69 Å². The molecule has 0 aliphatic rings. The number of nitrogens with one attached hydrogen (secondary N) is 1. The highest BCUT2D eigenvalue weighted by Gasteiger charge is 2.25. The first-order valence-electron chi connectivity index (χ1n) is 7.28. The molecule has 0 spiro atoms. The third-order valence-corrected chi connectivity index (χ3v) is 3.55. The molecule has 0 aliphatic heterocycles. The second-order valence-corrected chi connectivity index (χ2v) is 5.61. The van der Waals surface area contributed by atoms with Crippen molar-refractivity contribution in [3.8, 4) is 0 Å². The van der Waals surface area contributed by atoms with Crippen molar-refractivity contribution < 1.29 is 0 Å². The number of nitrogens with zero attached hydrogens (tertiary/aromatic N) is 2. The van der Waals surface area contributed by atoms with Crippen LogP contribution in [0, 0.1) is 12.3 Å². The molecule has 3 nitrogen and oxygen atoms in total. The van der Waals surface area contributed by atoms with Crippen molar-refractivity contribution in [1.29, 1.82) is 0 Å². The zero-order valence-electron chi connectivity index (χ0n) is 12.7. The molecule has 0 amide bonds. The monoisotopic (exact) mass is 251 g/mol. The van der Waals surface area contributed by atoms with E-state index >= 15 is 0 Å². The molecule has 1 heterocycles. The molecule has 0 aliphatic carbocycles. The van der Waals surface area contributed by atoms with Gasteiger partial charge in [0.2, 0.25) is 0 Å². The second kappa shape index (κ2) is 6.93. The van der Waals surface area contributed by atoms with E-state index < -0.39 is 0 Å². The van der Waals surface area contributed by atoms with Crippen molar-refractivity contribution in [3.05, 3.63) is 17.5 Å². The minimum absolute atomic E-state index is 0.337. The van der Waals surface area contributed by atoms with Crippen LogP contribution in [0.5, 0.6) is 0 Å². The predicted octanol–water partition coefficient (Wildman–Crippen LogP) is 3.17. The van der Waals surface area contributed by atoms with Crippen LogP contribution in [0.25, 0.3) is 0 Å². The van der Waals surface area contributed by atoms with Gasteiger partial charge in [0.15, 0.2) is 0 Å². The van der Waals surface area contributed by atoms with Crippen molar-refractivity contribution in [2.45, 2.75) is 60.4 Å². The quantitative estimate of drug-likeness (QED) is 0.769. The van der Waals surface area contributed by atoms with Gasteiger partial charge < -0.3 is 5.32 Å². The lowest BCUT2D eigenvalue weighted by atomic mass is 9.81. The van der Waals surface area contributed by atoms with Crippen LogP contribution in [0.1, 0.15) is 51.9 Å². The Balaban J connectivity index is 2.81. The number of aryl methyl sites for hydroxylation is 2. The van der Waals surface area contributed by atoms with E-state index in [1.54, 1.807) is 0 Å². The first kappa shape index (κ1) is 15.2. The third kappa shape index (κ3) is 4.13. The van der Waals surface area contributed by atoms with Gasteiger partial charge in [-0.25, -0.2) is 0 Å². The maximum absolute atomic E-state index is 4.55. The van der Waals surface area contributed by atoms with Crippen LogP contribution in [0.4, 0.5) is 0 Å². The molecule has 1 atom stereocenters. The summed E-state index contributed by atoms with van der Waals surface area (Å²) in [6, 6.07) is 2.24. The molecular weight excluding hydrogens is 222 g/mol. The summed E-state index contributed by atoms with van der Waals surface area (Å²) in [7, 11) is 0. The number of aromatic nitrogens is 2. The number of hydrogen-bond donors (Lipinski definition) is 1. The van der Waals surface area contributed by atoms with Crippen molar-refractivity contribution in [3.63, 3.8) is 0 Å². The van der Waals surface area contributed by atoms with Crippen LogP contribution in [0.2, 0.25) is 0 Å². The van der Waals surface area contributed by atoms with Crippen LogP contribution >= 0.6 is 0 Å². The molecule has 3 heteroatoms. The predicted molar refractivity (Wildman–Crippen MR) is 77.9 cm³/mol. The van der Waals surface area contributed by atoms with Crippen LogP contribution < -0.4 is 5.32 Å². The Morgan fingerprint density at radius 2 is 2.06 bits per heavy atom. The van der Waals surface area contributed by atoms with Gasteiger partial charge in [0, 0.05) is 18.8 Å². The first-order valence-corrected chi connectivity index (χ1v) is 7.28. The Morgan fingerprint density at radius 1 is 1.33 bits per heavy atom. The van der Waals surface area contributed by atoms with Gasteiger partial charge in [0.25, 0.3) is 0 Å². The minimum Gasteiger partial charge on any atom is -0.316 e. The summed E-state index contributed by atoms with van der Waals surface area (Å²) in [6.07, 6.45) is 3.61. The summed E-state index contributed by atoms with van der Waals surface area (Å²) in [6.45, 7) is 14.2. The van der Waals surface area contributed by atoms with Crippen LogP contribution in [0.15, 0.2) is 6.07 Å². The van der Waals surface area contributed by atoms with E-state index in [0.29, 0.717) is 5.41 Å². The minimum atomic E-state index is 0.337. The third-order valence-electron chi connectivity index (χ3n) is 3.55. The Bertz CT molecular complexity index is 357. The maximum atomic E-state index is 4.55. The summed E-state index contributed by atoms with van der Waals surface area (Å²) in [5, 5.41) is 8.06. The topological polar surface area (TPSA) is 29.9 Å². The van der Waals surface area contributed by atoms with Gasteiger partial charge >= 0.3 is 0 Å². The normalized spacial score (nSPS) is 14.7. The highest BCUT2D eigenvalue weighted by atomic mass is 15.3. The molecule has 18 heavy (non-hydrogen) atoms. The fraction of sp³-hybridized carbons (Fsp3) is 0.800. The standard InChI is InChI=1S/C15H29N3/c1-6-9-15(5,12-16-7-2)11-14-10-13(4)17-18(14)8-3/h10,16H,6-9,11-12H2,1-5H3. The van der Waals surface area contributed by atoms with Gasteiger partial charge in [-0.1, -0.05) is 27.2 Å². The SMILES string of the molecule is CCCC(C)(CNCC)Cc1cc(C)nn1CC. The molecule has 1 aromatic rings. The molecule has 0 fully saturated rings. The lowest BCUT2D eigenvalue weighted by molar-refractivity contribution is 0.270. The van der Waals surface area contributed by atoms with Crippen molar-refractivity contribution in [1.82, 2.24) is 15.1 Å². The molecule has 1 aromatic heterocycles. The van der Waals surface area contributed by atoms with E-state index in [-0.39, 0.29) is 0 Å². The fourth-order valence-corrected chi connectivity index (χ4v) is 2.72. The molecule has 0 saturated carbocycles. The lowest BCUT2D eigenvalue weighted by Gasteiger charge is -2.29. The van der Waals surface area contributed by atoms with Gasteiger partial charge in [-0.3, -0.25) is 4.68 Å². The van der Waals surface area contributed by atoms with E-state index in [1.807, 2.05) is 0 Å². The molecule has 0 radical (unpaired) electrons. The summed E-state index contributed by atoms with van der Waals surface area (Å²) < 4.78 is 2.15. The summed E-state index contributed by atoms with van der Waals surface area (Å²) in [5.74, 6) is 0. The average Bonchev–Trinajstić information content (AvgIpc) is 2.67. The lowest BCUT2D eigenvalue weighted by Crippen LogP contribution is -2.34. The molecular formula is C15H29N3. The Morgan fingerprint density at radius 3 is 2.61 bits per heavy atom. The molecule has 0 bridgehead atoms. The molecule has 104 valence electrons. The zero-order valence-corrected chi connectivity index (χ0v) is 12.7. The van der Waals surface area contributed by atoms with E-state index in [1.165, 1.54) is 18.5 Å². The highest BCUT2D eigenvalue weighted by Crippen LogP contribution is 2.28. The second-order valence-electron chi connectivity index (χ2n) is 5.61. The van der Waals surface area contributed by atoms with Crippen molar-refractivity contribution >= 4 is 0 Å². The molecule has 1 unspecified atom stereocenters. The van der Waals surface area contributed by atoms with Crippen molar-refractivity contribution in [2.24, 2.45) is 5.41 Å². The largest absolute Gasteiger partial charge is 0.316 e. The van der Waals surface area contributed by atoms with Crippen LogP contribution in [-0.4, -0.2) is 22.9 Å². The van der Waals surface area contributed by atoms with E-state index in [0.717, 1.165) is 31.7 Å². The number of rotatable bonds is 8. The summed E-state index contributed by atoms with van der Waals surface area (Å²) in [4.78, 5) is 0. The first-order chi connectivity index (χ1) is 8.54. The van der Waals surface area contributed by atoms with E-state index in [9.17, 15) is 0 Å². The Kier molecular flexibility index (Phi) is 5.86. The van der Waals surface area contributed by atoms with Gasteiger partial charge in [-0.05, 0) is 44.7 Å². The summed E-state index contributed by atoms with van der Waals surface area (Å²) in [5.41, 5.74) is 2.85. The Labute approximate surface area is 112 Å². The van der Waals surface area contributed by atoms with E-state index in [2.05, 4.69) is 55.8 Å². The van der Waals surface area contributed by atoms with Crippen LogP contribution in [0.3, 0.4) is 0 Å². The smallest absolute Gasteiger partial charge is 0.0596 e. The average molecular weight is 251 g/mol. The molecule has 1 N–H and O–H groups in total. The highest BCUT2D eigenvalue weighted by molar-refractivity contribution is 5.11. The van der Waals surface area contributed by atoms with Gasteiger partial charge in [-0.2, -0.15) is 5.10 Å². The van der Waals surface area contributed by atoms with Gasteiger partial charge in [-0.15, -0.1) is 0 Å². The zero-order chi connectivity index (χ0) is 13.6.